The van der Waals surface area contributed by atoms with Crippen molar-refractivity contribution >= 4 is 22.3 Å². The average Bonchev–Trinajstić information content (AvgIpc) is 3.55. The number of piperazine rings is 1. The van der Waals surface area contributed by atoms with Crippen LogP contribution in [0.25, 0.3) is 27.7 Å². The second-order valence-electron chi connectivity index (χ2n) is 10.3. The summed E-state index contributed by atoms with van der Waals surface area (Å²) >= 11 is 0. The molecule has 0 aliphatic carbocycles. The molecule has 2 aromatic heterocycles. The second-order valence-corrected chi connectivity index (χ2v) is 10.3. The zero-order valence-electron chi connectivity index (χ0n) is 21.6. The summed E-state index contributed by atoms with van der Waals surface area (Å²) in [7, 11) is 0. The predicted octanol–water partition coefficient (Wildman–Crippen LogP) is 4.23. The van der Waals surface area contributed by atoms with Crippen LogP contribution in [0.15, 0.2) is 73.2 Å². The zero-order valence-corrected chi connectivity index (χ0v) is 21.6. The standard InChI is InChI=1S/C30H33FN6O/c1-21(38)18-35-9-11-36(12-10-35)27-7-5-23(6-8-27)24-14-28-29(17-33-30(28)32-15-24)25-16-34-37(20-25)19-22-3-2-4-26(31)13-22/h2-8,13-15,17,20-21,34,38H,9-12,16,18-19H2,1H3,(H,32,33)/t21-/m1/s1. The normalized spacial score (nSPS) is 17.3. The Morgan fingerprint density at radius 2 is 1.84 bits per heavy atom. The third kappa shape index (κ3) is 5.29. The number of β-amino-alcohol motifs (C(OH)–C–C–N with tert-alkyl or cyclic N) is 1. The molecule has 7 nitrogen and oxygen atoms in total. The van der Waals surface area contributed by atoms with Gasteiger partial charge in [-0.25, -0.2) is 14.8 Å². The molecule has 0 bridgehead atoms. The summed E-state index contributed by atoms with van der Waals surface area (Å²) in [6.45, 7) is 7.74. The number of anilines is 1. The van der Waals surface area contributed by atoms with Crippen LogP contribution in [-0.4, -0.2) is 70.4 Å². The fourth-order valence-electron chi connectivity index (χ4n) is 5.42. The summed E-state index contributed by atoms with van der Waals surface area (Å²) in [5, 5.41) is 12.7. The predicted molar refractivity (Wildman–Crippen MR) is 150 cm³/mol. The number of aromatic amines is 1. The molecular formula is C30H33FN6O. The number of hydrogen-bond acceptors (Lipinski definition) is 6. The molecule has 1 saturated heterocycles. The molecule has 1 fully saturated rings. The molecule has 38 heavy (non-hydrogen) atoms. The molecular weight excluding hydrogens is 479 g/mol. The van der Waals surface area contributed by atoms with Crippen LogP contribution in [0.4, 0.5) is 10.1 Å². The van der Waals surface area contributed by atoms with Crippen LogP contribution < -0.4 is 10.3 Å². The van der Waals surface area contributed by atoms with E-state index in [0.29, 0.717) is 13.1 Å². The first-order valence-electron chi connectivity index (χ1n) is 13.2. The number of hydrazine groups is 1. The van der Waals surface area contributed by atoms with Crippen molar-refractivity contribution in [3.05, 3.63) is 90.1 Å². The summed E-state index contributed by atoms with van der Waals surface area (Å²) in [6, 6.07) is 17.6. The lowest BCUT2D eigenvalue weighted by atomic mass is 10.0. The maximum Gasteiger partial charge on any atom is 0.137 e. The maximum absolute atomic E-state index is 13.6. The van der Waals surface area contributed by atoms with Crippen LogP contribution in [-0.2, 0) is 6.54 Å². The first-order valence-corrected chi connectivity index (χ1v) is 13.2. The highest BCUT2D eigenvalue weighted by atomic mass is 19.1. The van der Waals surface area contributed by atoms with Crippen LogP contribution in [0.5, 0.6) is 0 Å². The van der Waals surface area contributed by atoms with Crippen molar-refractivity contribution in [2.75, 3.05) is 44.2 Å². The van der Waals surface area contributed by atoms with Crippen molar-refractivity contribution in [2.45, 2.75) is 19.6 Å². The topological polar surface area (TPSA) is 70.7 Å². The van der Waals surface area contributed by atoms with Crippen LogP contribution in [0.2, 0.25) is 0 Å². The number of pyridine rings is 1. The van der Waals surface area contributed by atoms with Gasteiger partial charge in [0.05, 0.1) is 12.6 Å². The fraction of sp³-hybridized carbons (Fsp3) is 0.300. The number of rotatable bonds is 7. The number of fused-ring (bicyclic) bond motifs is 1. The molecule has 1 atom stereocenters. The van der Waals surface area contributed by atoms with E-state index in [1.807, 2.05) is 30.4 Å². The first kappa shape index (κ1) is 24.6. The number of hydrogen-bond donors (Lipinski definition) is 3. The van der Waals surface area contributed by atoms with Crippen molar-refractivity contribution in [3.63, 3.8) is 0 Å². The number of nitrogens with one attached hydrogen (secondary N) is 2. The van der Waals surface area contributed by atoms with Gasteiger partial charge in [-0.3, -0.25) is 4.90 Å². The van der Waals surface area contributed by atoms with Gasteiger partial charge in [0.1, 0.15) is 11.5 Å². The Bertz CT molecular complexity index is 1440. The van der Waals surface area contributed by atoms with Crippen LogP contribution in [0.3, 0.4) is 0 Å². The minimum Gasteiger partial charge on any atom is -0.392 e. The van der Waals surface area contributed by atoms with Crippen molar-refractivity contribution < 1.29 is 9.50 Å². The Hall–Kier alpha value is -3.72. The van der Waals surface area contributed by atoms with Crippen LogP contribution in [0.1, 0.15) is 18.1 Å². The summed E-state index contributed by atoms with van der Waals surface area (Å²) in [4.78, 5) is 12.7. The number of nitrogens with zero attached hydrogens (tertiary/aromatic N) is 4. The molecule has 2 aliphatic rings. The van der Waals surface area contributed by atoms with Gasteiger partial charge >= 0.3 is 0 Å². The van der Waals surface area contributed by atoms with Gasteiger partial charge in [-0.1, -0.05) is 24.3 Å². The van der Waals surface area contributed by atoms with Crippen LogP contribution in [0, 0.1) is 5.82 Å². The van der Waals surface area contributed by atoms with E-state index in [9.17, 15) is 9.50 Å². The number of aliphatic hydroxyl groups excluding tert-OH is 1. The minimum atomic E-state index is -0.285. The molecule has 3 N–H and O–H groups in total. The van der Waals surface area contributed by atoms with E-state index in [0.717, 1.165) is 71.6 Å². The Morgan fingerprint density at radius 3 is 2.61 bits per heavy atom. The van der Waals surface area contributed by atoms with E-state index in [-0.39, 0.29) is 11.9 Å². The lowest BCUT2D eigenvalue weighted by Gasteiger charge is -2.36. The number of aromatic nitrogens is 2. The molecule has 0 radical (unpaired) electrons. The number of halogens is 1. The molecule has 196 valence electrons. The van der Waals surface area contributed by atoms with Gasteiger partial charge in [-0.05, 0) is 54.0 Å². The minimum absolute atomic E-state index is 0.218. The van der Waals surface area contributed by atoms with Crippen molar-refractivity contribution in [2.24, 2.45) is 0 Å². The largest absolute Gasteiger partial charge is 0.392 e. The van der Waals surface area contributed by atoms with Gasteiger partial charge in [0, 0.05) is 80.1 Å². The van der Waals surface area contributed by atoms with E-state index in [1.54, 1.807) is 12.1 Å². The monoisotopic (exact) mass is 512 g/mol. The molecule has 0 amide bonds. The summed E-state index contributed by atoms with van der Waals surface area (Å²) in [5.74, 6) is -0.218. The molecule has 2 aromatic carbocycles. The number of aliphatic hydroxyl groups is 1. The van der Waals surface area contributed by atoms with Gasteiger partial charge in [0.2, 0.25) is 0 Å². The number of benzene rings is 2. The Balaban J connectivity index is 1.17. The van der Waals surface area contributed by atoms with Crippen molar-refractivity contribution in [1.82, 2.24) is 25.3 Å². The third-order valence-electron chi connectivity index (χ3n) is 7.36. The molecule has 0 spiro atoms. The number of H-pyrrole nitrogens is 1. The van der Waals surface area contributed by atoms with E-state index in [4.69, 9.17) is 4.98 Å². The highest BCUT2D eigenvalue weighted by Gasteiger charge is 2.19. The SMILES string of the molecule is C[C@@H](O)CN1CCN(c2ccc(-c3cnc4[nH]cc(C5=CN(Cc6cccc(F)c6)NC5)c4c3)cc2)CC1. The zero-order chi connectivity index (χ0) is 26.1. The van der Waals surface area contributed by atoms with Crippen molar-refractivity contribution in [3.8, 4) is 11.1 Å². The lowest BCUT2D eigenvalue weighted by molar-refractivity contribution is 0.123. The molecule has 6 rings (SSSR count). The molecule has 8 heteroatoms. The van der Waals surface area contributed by atoms with Gasteiger partial charge in [-0.2, -0.15) is 0 Å². The molecule has 4 aromatic rings. The highest BCUT2D eigenvalue weighted by Crippen LogP contribution is 2.31. The fourth-order valence-corrected chi connectivity index (χ4v) is 5.42. The lowest BCUT2D eigenvalue weighted by Crippen LogP contribution is -2.48. The summed E-state index contributed by atoms with van der Waals surface area (Å²) in [6.07, 6.45) is 5.74. The Morgan fingerprint density at radius 1 is 1.03 bits per heavy atom. The van der Waals surface area contributed by atoms with Gasteiger partial charge in [0.25, 0.3) is 0 Å². The Kier molecular flexibility index (Phi) is 6.84. The summed E-state index contributed by atoms with van der Waals surface area (Å²) in [5.41, 5.74) is 10.9. The average molecular weight is 513 g/mol. The van der Waals surface area contributed by atoms with Gasteiger partial charge in [0.15, 0.2) is 0 Å². The van der Waals surface area contributed by atoms with E-state index >= 15 is 0 Å². The van der Waals surface area contributed by atoms with Gasteiger partial charge in [-0.15, -0.1) is 0 Å². The van der Waals surface area contributed by atoms with Gasteiger partial charge < -0.3 is 20.0 Å². The van der Waals surface area contributed by atoms with Crippen molar-refractivity contribution in [1.29, 1.82) is 0 Å². The quantitative estimate of drug-likeness (QED) is 0.344. The molecule has 0 saturated carbocycles. The smallest absolute Gasteiger partial charge is 0.137 e. The molecule has 0 unspecified atom stereocenters. The van der Waals surface area contributed by atoms with Crippen LogP contribution >= 0.6 is 0 Å². The highest BCUT2D eigenvalue weighted by molar-refractivity contribution is 5.93. The summed E-state index contributed by atoms with van der Waals surface area (Å²) < 4.78 is 13.6. The maximum atomic E-state index is 13.6. The first-order chi connectivity index (χ1) is 18.5. The Labute approximate surface area is 222 Å². The molecule has 4 heterocycles. The molecule has 2 aliphatic heterocycles. The van der Waals surface area contributed by atoms with E-state index in [1.165, 1.54) is 11.8 Å². The van der Waals surface area contributed by atoms with E-state index in [2.05, 4.69) is 56.7 Å². The third-order valence-corrected chi connectivity index (χ3v) is 7.36. The van der Waals surface area contributed by atoms with E-state index < -0.39 is 0 Å². The second kappa shape index (κ2) is 10.6.